The third kappa shape index (κ3) is 3.76. The number of fused-ring (bicyclic) bond motifs is 3. The molecule has 1 aromatic carbocycles. The number of hydrogen-bond acceptors (Lipinski definition) is 4. The summed E-state index contributed by atoms with van der Waals surface area (Å²) >= 11 is 0. The van der Waals surface area contributed by atoms with Crippen molar-refractivity contribution in [1.29, 1.82) is 0 Å². The highest BCUT2D eigenvalue weighted by Gasteiger charge is 2.58. The molecule has 6 aliphatic rings. The van der Waals surface area contributed by atoms with E-state index < -0.39 is 6.10 Å². The molecule has 4 bridgehead atoms. The predicted octanol–water partition coefficient (Wildman–Crippen LogP) is 3.59. The molecule has 36 heavy (non-hydrogen) atoms. The number of rotatable bonds is 8. The highest BCUT2D eigenvalue weighted by atomic mass is 19.1. The van der Waals surface area contributed by atoms with Gasteiger partial charge in [-0.15, -0.1) is 0 Å². The molecule has 1 aliphatic heterocycles. The number of hydrogen-bond donors (Lipinski definition) is 4. The van der Waals surface area contributed by atoms with E-state index >= 15 is 0 Å². The van der Waals surface area contributed by atoms with Gasteiger partial charge in [0.15, 0.2) is 0 Å². The maximum absolute atomic E-state index is 15.0. The first-order valence-corrected chi connectivity index (χ1v) is 13.8. The van der Waals surface area contributed by atoms with Crippen LogP contribution in [0.2, 0.25) is 0 Å². The number of aromatic nitrogens is 2. The van der Waals surface area contributed by atoms with Crippen LogP contribution in [0.1, 0.15) is 63.0 Å². The Morgan fingerprint density at radius 3 is 2.78 bits per heavy atom. The molecule has 7 nitrogen and oxygen atoms in total. The number of aliphatic hydroxyl groups excluding tert-OH is 1. The van der Waals surface area contributed by atoms with Crippen molar-refractivity contribution in [2.24, 2.45) is 23.2 Å². The number of halogens is 1. The summed E-state index contributed by atoms with van der Waals surface area (Å²) in [6, 6.07) is 5.82. The highest BCUT2D eigenvalue weighted by molar-refractivity contribution is 5.74. The fourth-order valence-corrected chi connectivity index (χ4v) is 8.40. The molecule has 4 unspecified atom stereocenters. The number of nitrogens with one attached hydrogen (secondary N) is 3. The lowest BCUT2D eigenvalue weighted by Gasteiger charge is -2.62. The molecule has 5 fully saturated rings. The zero-order valence-electron chi connectivity index (χ0n) is 20.6. The van der Waals surface area contributed by atoms with Crippen LogP contribution in [-0.4, -0.2) is 52.0 Å². The number of carbonyl (C=O) groups excluding carboxylic acids is 1. The maximum atomic E-state index is 15.0. The van der Waals surface area contributed by atoms with Crippen molar-refractivity contribution in [2.45, 2.75) is 75.6 Å². The van der Waals surface area contributed by atoms with Gasteiger partial charge in [0.2, 0.25) is 0 Å². The van der Waals surface area contributed by atoms with Crippen molar-refractivity contribution in [2.75, 3.05) is 13.1 Å². The number of nitrogens with zero attached hydrogens (tertiary/aromatic N) is 2. The summed E-state index contributed by atoms with van der Waals surface area (Å²) in [4.78, 5) is 16.2. The van der Waals surface area contributed by atoms with E-state index in [-0.39, 0.29) is 23.3 Å². The molecule has 4 atom stereocenters. The van der Waals surface area contributed by atoms with E-state index in [9.17, 15) is 14.3 Å². The molecule has 0 radical (unpaired) electrons. The van der Waals surface area contributed by atoms with Gasteiger partial charge in [-0.3, -0.25) is 0 Å². The van der Waals surface area contributed by atoms with E-state index in [0.717, 1.165) is 49.9 Å². The highest BCUT2D eigenvalue weighted by Crippen LogP contribution is 2.62. The zero-order chi connectivity index (χ0) is 24.4. The largest absolute Gasteiger partial charge is 0.392 e. The van der Waals surface area contributed by atoms with Crippen LogP contribution < -0.4 is 16.0 Å². The quantitative estimate of drug-likeness (QED) is 0.423. The third-order valence-electron chi connectivity index (χ3n) is 9.84. The Kier molecular flexibility index (Phi) is 5.40. The van der Waals surface area contributed by atoms with Gasteiger partial charge in [-0.25, -0.2) is 14.2 Å². The third-order valence-corrected chi connectivity index (χ3v) is 9.84. The Balaban J connectivity index is 1.02. The minimum absolute atomic E-state index is 0.0579. The molecule has 2 heterocycles. The van der Waals surface area contributed by atoms with Crippen molar-refractivity contribution in [1.82, 2.24) is 25.5 Å². The van der Waals surface area contributed by atoms with E-state index in [1.807, 2.05) is 10.6 Å². The predicted molar refractivity (Wildman–Crippen MR) is 134 cm³/mol. The zero-order valence-corrected chi connectivity index (χ0v) is 20.6. The molecule has 8 rings (SSSR count). The second-order valence-electron chi connectivity index (χ2n) is 12.1. The molecule has 0 spiro atoms. The molecule has 1 aromatic heterocycles. The SMILES string of the molecule is O=C(NCCNC1C2CC3CC1CC(C(O)CC1c4c(F)cccc4-c4cncn41)(C3)C2)NC1CC1. The van der Waals surface area contributed by atoms with Gasteiger partial charge < -0.3 is 25.6 Å². The van der Waals surface area contributed by atoms with Gasteiger partial charge in [-0.1, -0.05) is 12.1 Å². The molecule has 0 saturated heterocycles. The summed E-state index contributed by atoms with van der Waals surface area (Å²) in [5.74, 6) is 1.60. The van der Waals surface area contributed by atoms with Crippen LogP contribution in [0.5, 0.6) is 0 Å². The van der Waals surface area contributed by atoms with E-state index in [1.54, 1.807) is 18.6 Å². The van der Waals surface area contributed by atoms with Crippen molar-refractivity contribution < 1.29 is 14.3 Å². The topological polar surface area (TPSA) is 91.2 Å². The number of urea groups is 1. The lowest BCUT2D eigenvalue weighted by atomic mass is 9.46. The molecule has 2 amide bonds. The maximum Gasteiger partial charge on any atom is 0.315 e. The number of amides is 2. The average molecular weight is 494 g/mol. The Morgan fingerprint density at radius 1 is 1.19 bits per heavy atom. The molecule has 4 N–H and O–H groups in total. The summed E-state index contributed by atoms with van der Waals surface area (Å²) in [5, 5.41) is 21.5. The number of benzene rings is 1. The minimum Gasteiger partial charge on any atom is -0.392 e. The summed E-state index contributed by atoms with van der Waals surface area (Å²) in [6.07, 6.45) is 11.4. The van der Waals surface area contributed by atoms with Crippen molar-refractivity contribution in [3.05, 3.63) is 42.1 Å². The minimum atomic E-state index is -0.467. The first-order valence-electron chi connectivity index (χ1n) is 13.8. The molecule has 2 aromatic rings. The van der Waals surface area contributed by atoms with Gasteiger partial charge in [0.25, 0.3) is 0 Å². The smallest absolute Gasteiger partial charge is 0.315 e. The van der Waals surface area contributed by atoms with Gasteiger partial charge >= 0.3 is 6.03 Å². The van der Waals surface area contributed by atoms with Crippen molar-refractivity contribution in [3.63, 3.8) is 0 Å². The lowest BCUT2D eigenvalue weighted by Crippen LogP contribution is -2.61. The van der Waals surface area contributed by atoms with E-state index in [0.29, 0.717) is 48.4 Å². The van der Waals surface area contributed by atoms with Crippen LogP contribution in [0.25, 0.3) is 11.3 Å². The van der Waals surface area contributed by atoms with Crippen LogP contribution in [0.15, 0.2) is 30.7 Å². The molecule has 5 saturated carbocycles. The monoisotopic (exact) mass is 493 g/mol. The standard InChI is InChI=1S/C28H36FN5O2/c29-21-3-1-2-20-23-14-30-15-34(23)22(25(20)21)10-24(35)28-11-16-8-17(12-28)26(18(9-16)13-28)31-6-7-32-27(36)33-19-4-5-19/h1-3,14-19,22,24,26,31,35H,4-13H2,(H2,32,33,36). The molecule has 192 valence electrons. The molecule has 5 aliphatic carbocycles. The van der Waals surface area contributed by atoms with Gasteiger partial charge in [0, 0.05) is 36.3 Å². The van der Waals surface area contributed by atoms with Crippen LogP contribution in [0, 0.1) is 29.0 Å². The normalized spacial score (nSPS) is 34.3. The Morgan fingerprint density at radius 2 is 2.00 bits per heavy atom. The van der Waals surface area contributed by atoms with Gasteiger partial charge in [-0.05, 0) is 80.6 Å². The average Bonchev–Trinajstić information content (AvgIpc) is 3.42. The van der Waals surface area contributed by atoms with Crippen LogP contribution in [0.4, 0.5) is 9.18 Å². The van der Waals surface area contributed by atoms with Crippen LogP contribution >= 0.6 is 0 Å². The summed E-state index contributed by atoms with van der Waals surface area (Å²) in [5.41, 5.74) is 2.47. The lowest BCUT2D eigenvalue weighted by molar-refractivity contribution is -0.137. The van der Waals surface area contributed by atoms with Crippen LogP contribution in [0.3, 0.4) is 0 Å². The van der Waals surface area contributed by atoms with E-state index in [4.69, 9.17) is 0 Å². The summed E-state index contributed by atoms with van der Waals surface area (Å²) < 4.78 is 17.0. The Hall–Kier alpha value is -2.45. The molecular weight excluding hydrogens is 457 g/mol. The van der Waals surface area contributed by atoms with Crippen molar-refractivity contribution in [3.8, 4) is 11.3 Å². The molecular formula is C28H36FN5O2. The summed E-state index contributed by atoms with van der Waals surface area (Å²) in [6.45, 7) is 1.41. The summed E-state index contributed by atoms with van der Waals surface area (Å²) in [7, 11) is 0. The van der Waals surface area contributed by atoms with E-state index in [1.165, 1.54) is 18.9 Å². The Labute approximate surface area is 211 Å². The first-order chi connectivity index (χ1) is 17.5. The molecule has 8 heteroatoms. The van der Waals surface area contributed by atoms with E-state index in [2.05, 4.69) is 20.9 Å². The Bertz CT molecular complexity index is 1150. The number of aliphatic hydroxyl groups is 1. The second kappa shape index (κ2) is 8.55. The fraction of sp³-hybridized carbons (Fsp3) is 0.643. The van der Waals surface area contributed by atoms with Gasteiger partial charge in [-0.2, -0.15) is 0 Å². The second-order valence-corrected chi connectivity index (χ2v) is 12.1. The fourth-order valence-electron chi connectivity index (χ4n) is 8.40. The first kappa shape index (κ1) is 22.7. The number of imidazole rings is 1. The van der Waals surface area contributed by atoms with Gasteiger partial charge in [0.1, 0.15) is 5.82 Å². The number of carbonyl (C=O) groups is 1. The van der Waals surface area contributed by atoms with Crippen LogP contribution in [-0.2, 0) is 0 Å². The van der Waals surface area contributed by atoms with Gasteiger partial charge in [0.05, 0.1) is 30.4 Å². The van der Waals surface area contributed by atoms with Crippen molar-refractivity contribution >= 4 is 6.03 Å².